The number of nitrogens with two attached hydrogens (primary N) is 1. The third-order valence-corrected chi connectivity index (χ3v) is 3.14. The molecule has 0 saturated heterocycles. The maximum atomic E-state index is 11.7. The van der Waals surface area contributed by atoms with E-state index in [2.05, 4.69) is 9.69 Å². The molecule has 3 N–H and O–H groups in total. The number of nitrogens with zero attached hydrogens (tertiary/aromatic N) is 2. The average molecular weight is 286 g/mol. The van der Waals surface area contributed by atoms with Crippen LogP contribution < -0.4 is 11.1 Å². The van der Waals surface area contributed by atoms with Gasteiger partial charge in [0.15, 0.2) is 5.82 Å². The lowest BCUT2D eigenvalue weighted by molar-refractivity contribution is -0.128. The molecular formula is C11H18N4O3S. The van der Waals surface area contributed by atoms with Crippen molar-refractivity contribution in [2.75, 3.05) is 38.3 Å². The minimum absolute atomic E-state index is 0.00247. The van der Waals surface area contributed by atoms with Crippen LogP contribution in [0.1, 0.15) is 23.7 Å². The molecule has 0 aliphatic rings. The molecule has 1 aromatic heterocycles. The average Bonchev–Trinajstić information content (AvgIpc) is 2.70. The van der Waals surface area contributed by atoms with Crippen LogP contribution in [0.15, 0.2) is 0 Å². The van der Waals surface area contributed by atoms with Crippen molar-refractivity contribution >= 4 is 34.2 Å². The SMILES string of the molecule is CCOC(=O)c1c(N)nsc1NCCC(=O)N(C)C. The molecule has 0 aliphatic carbocycles. The van der Waals surface area contributed by atoms with Crippen LogP contribution in [0.5, 0.6) is 0 Å². The van der Waals surface area contributed by atoms with Gasteiger partial charge in [-0.05, 0) is 18.5 Å². The standard InChI is InChI=1S/C11H18N4O3S/c1-4-18-11(17)8-9(12)14-19-10(8)13-6-5-7(16)15(2)3/h13H,4-6H2,1-3H3,(H2,12,14). The van der Waals surface area contributed by atoms with Gasteiger partial charge in [0.05, 0.1) is 6.61 Å². The number of carbonyl (C=O) groups excluding carboxylic acids is 2. The molecule has 0 unspecified atom stereocenters. The van der Waals surface area contributed by atoms with Crippen molar-refractivity contribution in [1.82, 2.24) is 9.27 Å². The van der Waals surface area contributed by atoms with Crippen LogP contribution in [-0.2, 0) is 9.53 Å². The number of ether oxygens (including phenoxy) is 1. The fraction of sp³-hybridized carbons (Fsp3) is 0.545. The summed E-state index contributed by atoms with van der Waals surface area (Å²) >= 11 is 1.08. The number of aromatic nitrogens is 1. The zero-order valence-corrected chi connectivity index (χ0v) is 12.0. The fourth-order valence-corrected chi connectivity index (χ4v) is 2.06. The first kappa shape index (κ1) is 15.2. The molecule has 8 heteroatoms. The van der Waals surface area contributed by atoms with Crippen LogP contribution in [0.25, 0.3) is 0 Å². The molecule has 0 aliphatic heterocycles. The van der Waals surface area contributed by atoms with Gasteiger partial charge in [0, 0.05) is 27.1 Å². The number of nitrogens with one attached hydrogen (secondary N) is 1. The highest BCUT2D eigenvalue weighted by Crippen LogP contribution is 2.27. The summed E-state index contributed by atoms with van der Waals surface area (Å²) < 4.78 is 8.82. The van der Waals surface area contributed by atoms with Crippen molar-refractivity contribution in [3.63, 3.8) is 0 Å². The van der Waals surface area contributed by atoms with Crippen LogP contribution >= 0.6 is 11.5 Å². The topological polar surface area (TPSA) is 97.5 Å². The van der Waals surface area contributed by atoms with E-state index in [1.165, 1.54) is 4.90 Å². The highest BCUT2D eigenvalue weighted by Gasteiger charge is 2.20. The predicted molar refractivity (Wildman–Crippen MR) is 74.3 cm³/mol. The van der Waals surface area contributed by atoms with Gasteiger partial charge < -0.3 is 20.7 Å². The number of hydrogen-bond donors (Lipinski definition) is 2. The van der Waals surface area contributed by atoms with Crippen LogP contribution in [0.4, 0.5) is 10.8 Å². The molecule has 1 aromatic rings. The summed E-state index contributed by atoms with van der Waals surface area (Å²) in [6, 6.07) is 0. The van der Waals surface area contributed by atoms with E-state index in [1.807, 2.05) is 0 Å². The number of rotatable bonds is 6. The Kier molecular flexibility index (Phi) is 5.56. The van der Waals surface area contributed by atoms with Crippen molar-refractivity contribution in [2.45, 2.75) is 13.3 Å². The molecule has 0 bridgehead atoms. The number of anilines is 2. The first-order valence-electron chi connectivity index (χ1n) is 5.83. The van der Waals surface area contributed by atoms with Gasteiger partial charge in [-0.1, -0.05) is 0 Å². The van der Waals surface area contributed by atoms with Gasteiger partial charge in [-0.15, -0.1) is 0 Å². The molecule has 0 spiro atoms. The molecular weight excluding hydrogens is 268 g/mol. The third kappa shape index (κ3) is 4.09. The molecule has 0 radical (unpaired) electrons. The van der Waals surface area contributed by atoms with Crippen LogP contribution in [0.2, 0.25) is 0 Å². The molecule has 0 fully saturated rings. The normalized spacial score (nSPS) is 10.1. The van der Waals surface area contributed by atoms with Gasteiger partial charge >= 0.3 is 5.97 Å². The van der Waals surface area contributed by atoms with Crippen molar-refractivity contribution in [3.8, 4) is 0 Å². The number of esters is 1. The van der Waals surface area contributed by atoms with E-state index in [1.54, 1.807) is 21.0 Å². The summed E-state index contributed by atoms with van der Waals surface area (Å²) in [6.45, 7) is 2.40. The quantitative estimate of drug-likeness (QED) is 0.750. The van der Waals surface area contributed by atoms with Gasteiger partial charge in [0.25, 0.3) is 0 Å². The molecule has 1 heterocycles. The van der Waals surface area contributed by atoms with E-state index in [4.69, 9.17) is 10.5 Å². The summed E-state index contributed by atoms with van der Waals surface area (Å²) in [4.78, 5) is 24.6. The maximum Gasteiger partial charge on any atom is 0.344 e. The van der Waals surface area contributed by atoms with Gasteiger partial charge in [-0.3, -0.25) is 4.79 Å². The minimum atomic E-state index is -0.504. The van der Waals surface area contributed by atoms with E-state index < -0.39 is 5.97 Å². The van der Waals surface area contributed by atoms with Gasteiger partial charge in [0.2, 0.25) is 5.91 Å². The number of hydrogen-bond acceptors (Lipinski definition) is 7. The second-order valence-electron chi connectivity index (χ2n) is 3.96. The monoisotopic (exact) mass is 286 g/mol. The molecule has 1 amide bonds. The molecule has 1 rings (SSSR count). The van der Waals surface area contributed by atoms with Gasteiger partial charge in [-0.2, -0.15) is 4.37 Å². The molecule has 19 heavy (non-hydrogen) atoms. The highest BCUT2D eigenvalue weighted by atomic mass is 32.1. The first-order chi connectivity index (χ1) is 8.97. The Labute approximate surface area is 115 Å². The highest BCUT2D eigenvalue weighted by molar-refractivity contribution is 7.11. The number of amides is 1. The Morgan fingerprint density at radius 3 is 2.74 bits per heavy atom. The van der Waals surface area contributed by atoms with Crippen LogP contribution in [-0.4, -0.2) is 48.4 Å². The lowest BCUT2D eigenvalue weighted by Gasteiger charge is -2.10. The fourth-order valence-electron chi connectivity index (χ4n) is 1.33. The molecule has 0 saturated carbocycles. The van der Waals surface area contributed by atoms with Crippen molar-refractivity contribution in [1.29, 1.82) is 0 Å². The van der Waals surface area contributed by atoms with E-state index in [0.717, 1.165) is 11.5 Å². The molecule has 106 valence electrons. The Bertz CT molecular complexity index is 459. The first-order valence-corrected chi connectivity index (χ1v) is 6.61. The largest absolute Gasteiger partial charge is 0.462 e. The summed E-state index contributed by atoms with van der Waals surface area (Å²) in [5, 5.41) is 3.52. The summed E-state index contributed by atoms with van der Waals surface area (Å²) in [5.74, 6) is -0.359. The number of nitrogen functional groups attached to an aromatic ring is 1. The zero-order valence-electron chi connectivity index (χ0n) is 11.2. The second-order valence-corrected chi connectivity index (χ2v) is 4.73. The van der Waals surface area contributed by atoms with Crippen LogP contribution in [0.3, 0.4) is 0 Å². The smallest absolute Gasteiger partial charge is 0.344 e. The van der Waals surface area contributed by atoms with E-state index in [-0.39, 0.29) is 23.9 Å². The molecule has 7 nitrogen and oxygen atoms in total. The Morgan fingerprint density at radius 2 is 2.16 bits per heavy atom. The van der Waals surface area contributed by atoms with E-state index >= 15 is 0 Å². The van der Waals surface area contributed by atoms with Crippen molar-refractivity contribution in [3.05, 3.63) is 5.56 Å². The minimum Gasteiger partial charge on any atom is -0.462 e. The molecule has 0 aromatic carbocycles. The van der Waals surface area contributed by atoms with Gasteiger partial charge in [-0.25, -0.2) is 4.79 Å². The predicted octanol–water partition coefficient (Wildman–Crippen LogP) is 0.792. The Hall–Kier alpha value is -1.83. The lowest BCUT2D eigenvalue weighted by Crippen LogP contribution is -2.24. The van der Waals surface area contributed by atoms with E-state index in [0.29, 0.717) is 18.0 Å². The Morgan fingerprint density at radius 1 is 1.47 bits per heavy atom. The van der Waals surface area contributed by atoms with Gasteiger partial charge in [0.1, 0.15) is 10.6 Å². The summed E-state index contributed by atoms with van der Waals surface area (Å²) in [7, 11) is 3.38. The summed E-state index contributed by atoms with van der Waals surface area (Å²) in [5.41, 5.74) is 5.88. The third-order valence-electron chi connectivity index (χ3n) is 2.32. The van der Waals surface area contributed by atoms with Crippen LogP contribution in [0, 0.1) is 0 Å². The summed E-state index contributed by atoms with van der Waals surface area (Å²) in [6.07, 6.45) is 0.326. The van der Waals surface area contributed by atoms with Crippen molar-refractivity contribution in [2.24, 2.45) is 0 Å². The lowest BCUT2D eigenvalue weighted by atomic mass is 10.3. The van der Waals surface area contributed by atoms with Crippen molar-refractivity contribution < 1.29 is 14.3 Å². The Balaban J connectivity index is 2.64. The zero-order chi connectivity index (χ0) is 14.4. The number of carbonyl (C=O) groups is 2. The molecule has 0 atom stereocenters. The second kappa shape index (κ2) is 6.93. The maximum absolute atomic E-state index is 11.7. The van der Waals surface area contributed by atoms with E-state index in [9.17, 15) is 9.59 Å².